The quantitative estimate of drug-likeness (QED) is 0.231. The summed E-state index contributed by atoms with van der Waals surface area (Å²) in [6.07, 6.45) is 0. The largest absolute Gasteiger partial charge is 0.458 e. The van der Waals surface area contributed by atoms with E-state index in [1.54, 1.807) is 18.2 Å². The van der Waals surface area contributed by atoms with Gasteiger partial charge in [-0.25, -0.2) is 0 Å². The molecule has 0 fully saturated rings. The summed E-state index contributed by atoms with van der Waals surface area (Å²) in [5.41, 5.74) is 6.05. The molecule has 1 aromatic heterocycles. The number of allylic oxidation sites excluding steroid dienone is 1. The Kier molecular flexibility index (Phi) is 5.57. The predicted molar refractivity (Wildman–Crippen MR) is 159 cm³/mol. The summed E-state index contributed by atoms with van der Waals surface area (Å²) in [7, 11) is 0. The number of benzene rings is 5. The number of hydrogen-bond donors (Lipinski definition) is 0. The van der Waals surface area contributed by atoms with Gasteiger partial charge in [-0.1, -0.05) is 133 Å². The van der Waals surface area contributed by atoms with Crippen LogP contribution in [0.4, 0.5) is 0 Å². The molecule has 3 heteroatoms. The fourth-order valence-electron chi connectivity index (χ4n) is 6.04. The van der Waals surface area contributed by atoms with Crippen LogP contribution in [0.25, 0.3) is 22.1 Å². The van der Waals surface area contributed by atoms with Crippen molar-refractivity contribution in [1.29, 1.82) is 0 Å². The molecular formula is C36H23ClO2. The maximum absolute atomic E-state index is 14.5. The summed E-state index contributed by atoms with van der Waals surface area (Å²) in [5.74, 6) is 0.623. The molecule has 0 N–H and O–H groups in total. The lowest BCUT2D eigenvalue weighted by Gasteiger charge is -2.34. The van der Waals surface area contributed by atoms with E-state index in [0.29, 0.717) is 27.3 Å². The molecule has 0 radical (unpaired) electrons. The summed E-state index contributed by atoms with van der Waals surface area (Å²) in [4.78, 5) is 14.5. The first-order valence-electron chi connectivity index (χ1n) is 12.9. The number of halogens is 1. The van der Waals surface area contributed by atoms with Crippen LogP contribution in [0.1, 0.15) is 33.6 Å². The molecular weight excluding hydrogens is 500 g/mol. The lowest BCUT2D eigenvalue weighted by Crippen LogP contribution is -2.30. The zero-order chi connectivity index (χ0) is 26.4. The Morgan fingerprint density at radius 3 is 1.67 bits per heavy atom. The second-order valence-corrected chi connectivity index (χ2v) is 10.2. The number of fused-ring (bicyclic) bond motifs is 2. The van der Waals surface area contributed by atoms with E-state index in [4.69, 9.17) is 16.0 Å². The molecule has 186 valence electrons. The van der Waals surface area contributed by atoms with Crippen molar-refractivity contribution < 1.29 is 4.42 Å². The second kappa shape index (κ2) is 9.27. The van der Waals surface area contributed by atoms with Crippen LogP contribution in [0.5, 0.6) is 0 Å². The van der Waals surface area contributed by atoms with Crippen LogP contribution in [0.2, 0.25) is 5.02 Å². The summed E-state index contributed by atoms with van der Waals surface area (Å²) in [6.45, 7) is 0. The molecule has 1 aliphatic rings. The van der Waals surface area contributed by atoms with E-state index >= 15 is 0 Å². The average molecular weight is 523 g/mol. The van der Waals surface area contributed by atoms with Crippen LogP contribution < -0.4 is 5.43 Å². The molecule has 39 heavy (non-hydrogen) atoms. The fraction of sp³-hybridized carbons (Fsp3) is 0.0278. The zero-order valence-electron chi connectivity index (χ0n) is 21.0. The molecule has 5 aromatic carbocycles. The Bertz CT molecular complexity index is 1870. The topological polar surface area (TPSA) is 30.2 Å². The first-order chi connectivity index (χ1) is 19.2. The van der Waals surface area contributed by atoms with Gasteiger partial charge in [-0.2, -0.15) is 0 Å². The average Bonchev–Trinajstić information content (AvgIpc) is 3.31. The van der Waals surface area contributed by atoms with Crippen molar-refractivity contribution in [3.05, 3.63) is 188 Å². The standard InChI is InChI=1S/C36H23ClO2/c37-28-21-22-30-29(23-28)34(38)32-31(24-13-5-1-6-14-24)33(25-15-7-2-8-16-25)36(35(32)39-30,26-17-9-3-10-18-26)27-19-11-4-12-20-27/h1-23H. The van der Waals surface area contributed by atoms with Gasteiger partial charge in [-0.05, 0) is 46.0 Å². The minimum absolute atomic E-state index is 0.0882. The molecule has 0 amide bonds. The van der Waals surface area contributed by atoms with Gasteiger partial charge >= 0.3 is 0 Å². The molecule has 6 aromatic rings. The Hall–Kier alpha value is -4.66. The summed E-state index contributed by atoms with van der Waals surface area (Å²) >= 11 is 6.37. The molecule has 0 spiro atoms. The van der Waals surface area contributed by atoms with Gasteiger partial charge in [-0.15, -0.1) is 0 Å². The van der Waals surface area contributed by atoms with Crippen molar-refractivity contribution in [3.8, 4) is 0 Å². The molecule has 0 atom stereocenters. The minimum Gasteiger partial charge on any atom is -0.458 e. The normalized spacial score (nSPS) is 14.0. The van der Waals surface area contributed by atoms with E-state index in [2.05, 4.69) is 48.5 Å². The molecule has 2 nitrogen and oxygen atoms in total. The molecule has 0 saturated heterocycles. The van der Waals surface area contributed by atoms with Gasteiger partial charge in [0.2, 0.25) is 5.43 Å². The van der Waals surface area contributed by atoms with E-state index in [0.717, 1.165) is 33.4 Å². The summed E-state index contributed by atoms with van der Waals surface area (Å²) in [6, 6.07) is 46.4. The van der Waals surface area contributed by atoms with Crippen LogP contribution in [-0.4, -0.2) is 0 Å². The lowest BCUT2D eigenvalue weighted by atomic mass is 9.67. The van der Waals surface area contributed by atoms with Gasteiger partial charge in [0.1, 0.15) is 16.8 Å². The molecule has 1 heterocycles. The van der Waals surface area contributed by atoms with Crippen LogP contribution in [0.15, 0.2) is 149 Å². The maximum Gasteiger partial charge on any atom is 0.200 e. The van der Waals surface area contributed by atoms with Crippen molar-refractivity contribution >= 4 is 33.7 Å². The molecule has 0 aliphatic heterocycles. The Morgan fingerprint density at radius 2 is 1.10 bits per heavy atom. The Balaban J connectivity index is 1.78. The maximum atomic E-state index is 14.5. The highest BCUT2D eigenvalue weighted by Gasteiger charge is 2.52. The van der Waals surface area contributed by atoms with Crippen LogP contribution in [-0.2, 0) is 5.41 Å². The van der Waals surface area contributed by atoms with E-state index in [-0.39, 0.29) is 5.43 Å². The Labute approximate surface area is 231 Å². The van der Waals surface area contributed by atoms with Crippen molar-refractivity contribution in [2.24, 2.45) is 0 Å². The number of rotatable bonds is 4. The van der Waals surface area contributed by atoms with Gasteiger partial charge in [0.25, 0.3) is 0 Å². The first kappa shape index (κ1) is 23.5. The van der Waals surface area contributed by atoms with Crippen molar-refractivity contribution in [3.63, 3.8) is 0 Å². The van der Waals surface area contributed by atoms with E-state index in [1.165, 1.54) is 0 Å². The first-order valence-corrected chi connectivity index (χ1v) is 13.3. The monoisotopic (exact) mass is 522 g/mol. The molecule has 1 aliphatic carbocycles. The lowest BCUT2D eigenvalue weighted by molar-refractivity contribution is 0.498. The number of hydrogen-bond acceptors (Lipinski definition) is 2. The van der Waals surface area contributed by atoms with Gasteiger partial charge in [-0.3, -0.25) is 4.79 Å². The minimum atomic E-state index is -0.878. The zero-order valence-corrected chi connectivity index (χ0v) is 21.7. The fourth-order valence-corrected chi connectivity index (χ4v) is 6.21. The van der Waals surface area contributed by atoms with Gasteiger partial charge in [0.05, 0.1) is 10.9 Å². The summed E-state index contributed by atoms with van der Waals surface area (Å²) in [5, 5.41) is 0.970. The molecule has 0 unspecified atom stereocenters. The van der Waals surface area contributed by atoms with Gasteiger partial charge in [0, 0.05) is 10.6 Å². The third-order valence-electron chi connectivity index (χ3n) is 7.61. The second-order valence-electron chi connectivity index (χ2n) is 9.74. The third kappa shape index (κ3) is 3.53. The smallest absolute Gasteiger partial charge is 0.200 e. The van der Waals surface area contributed by atoms with Crippen LogP contribution >= 0.6 is 11.6 Å². The van der Waals surface area contributed by atoms with Crippen LogP contribution in [0, 0.1) is 0 Å². The van der Waals surface area contributed by atoms with Crippen molar-refractivity contribution in [2.75, 3.05) is 0 Å². The van der Waals surface area contributed by atoms with Gasteiger partial charge < -0.3 is 4.42 Å². The molecule has 0 bridgehead atoms. The molecule has 0 saturated carbocycles. The van der Waals surface area contributed by atoms with Crippen molar-refractivity contribution in [2.45, 2.75) is 5.41 Å². The Morgan fingerprint density at radius 1 is 0.590 bits per heavy atom. The molecule has 7 rings (SSSR count). The van der Waals surface area contributed by atoms with E-state index in [1.807, 2.05) is 72.8 Å². The van der Waals surface area contributed by atoms with Gasteiger partial charge in [0.15, 0.2) is 0 Å². The summed E-state index contributed by atoms with van der Waals surface area (Å²) < 4.78 is 6.87. The highest BCUT2D eigenvalue weighted by Crippen LogP contribution is 2.59. The predicted octanol–water partition coefficient (Wildman–Crippen LogP) is 8.75. The van der Waals surface area contributed by atoms with E-state index in [9.17, 15) is 4.79 Å². The third-order valence-corrected chi connectivity index (χ3v) is 7.84. The van der Waals surface area contributed by atoms with Crippen LogP contribution in [0.3, 0.4) is 0 Å². The van der Waals surface area contributed by atoms with E-state index < -0.39 is 5.41 Å². The highest BCUT2D eigenvalue weighted by molar-refractivity contribution is 6.31. The highest BCUT2D eigenvalue weighted by atomic mass is 35.5. The SMILES string of the molecule is O=c1c2c(oc3ccc(Cl)cc13)C(c1ccccc1)(c1ccccc1)C(c1ccccc1)=C2c1ccccc1. The van der Waals surface area contributed by atoms with Crippen molar-refractivity contribution in [1.82, 2.24) is 0 Å².